The fourth-order valence-electron chi connectivity index (χ4n) is 4.54. The monoisotopic (exact) mass is 820 g/mol. The summed E-state index contributed by atoms with van der Waals surface area (Å²) in [7, 11) is -15.5. The maximum Gasteiger partial charge on any atom is 0.378 e. The standard InChI is InChI=1S/C11H11N.C10H9O4P.C6H8NO4P.C6H9O9P/c1-8-6-7-11(12)10-5-3-2-4-9(8)10;11-15(12,13)14-10-7-3-5-8-4-1-2-6-9(8)10;7-5-1-3-6(4-2-5)11-12(8,9)10;7-1-2(8)4-3(9)5(6(10)14-4)15-16(11,12)13/h2-7H,12H2,1H3;1-7H,(H2,11,12,13);1-4H,7H2,(H2,8,9,10);2,4,7-9H,1H2,(H2,11,12,13)/p-6. The lowest BCUT2D eigenvalue weighted by Crippen LogP contribution is -2.31. The van der Waals surface area contributed by atoms with Crippen molar-refractivity contribution in [1.82, 2.24) is 0 Å². The Hall–Kier alpha value is -5.00. The van der Waals surface area contributed by atoms with E-state index >= 15 is 0 Å². The normalized spacial score (nSPS) is 14.6. The van der Waals surface area contributed by atoms with E-state index in [0.29, 0.717) is 11.1 Å². The van der Waals surface area contributed by atoms with E-state index < -0.39 is 59.8 Å². The van der Waals surface area contributed by atoms with Crippen molar-refractivity contribution in [3.8, 4) is 11.5 Å². The van der Waals surface area contributed by atoms with Crippen LogP contribution in [0.1, 0.15) is 5.56 Å². The van der Waals surface area contributed by atoms with E-state index in [4.69, 9.17) is 21.7 Å². The van der Waals surface area contributed by atoms with Crippen LogP contribution in [0.3, 0.4) is 0 Å². The second-order valence-electron chi connectivity index (χ2n) is 11.0. The van der Waals surface area contributed by atoms with Crippen molar-refractivity contribution < 1.29 is 81.5 Å². The molecule has 296 valence electrons. The van der Waals surface area contributed by atoms with Gasteiger partial charge in [0.1, 0.15) is 41.1 Å². The van der Waals surface area contributed by atoms with Gasteiger partial charge in [-0.25, -0.2) is 4.79 Å². The number of cyclic esters (lactones) is 1. The number of aliphatic hydroxyl groups excluding tert-OH is 3. The number of aryl methyl sites for hydroxylation is 1. The minimum Gasteiger partial charge on any atom is -0.780 e. The molecule has 55 heavy (non-hydrogen) atoms. The van der Waals surface area contributed by atoms with Gasteiger partial charge in [-0.1, -0.05) is 66.7 Å². The summed E-state index contributed by atoms with van der Waals surface area (Å²) in [4.78, 5) is 72.6. The zero-order valence-electron chi connectivity index (χ0n) is 28.2. The summed E-state index contributed by atoms with van der Waals surface area (Å²) in [6, 6.07) is 29.6. The van der Waals surface area contributed by atoms with E-state index in [9.17, 15) is 53.0 Å². The summed E-state index contributed by atoms with van der Waals surface area (Å²) < 4.78 is 47.2. The Balaban J connectivity index is 0.000000198. The lowest BCUT2D eigenvalue weighted by molar-refractivity contribution is -0.339. The van der Waals surface area contributed by atoms with Crippen molar-refractivity contribution in [1.29, 1.82) is 0 Å². The third kappa shape index (κ3) is 14.3. The molecule has 0 amide bonds. The Labute approximate surface area is 312 Å². The van der Waals surface area contributed by atoms with Crippen LogP contribution in [0.25, 0.3) is 21.5 Å². The highest BCUT2D eigenvalue weighted by molar-refractivity contribution is 7.44. The van der Waals surface area contributed by atoms with Crippen molar-refractivity contribution in [2.75, 3.05) is 18.1 Å². The number of hydrogen-bond donors (Lipinski definition) is 5. The molecule has 0 spiro atoms. The Morgan fingerprint density at radius 2 is 1.24 bits per heavy atom. The van der Waals surface area contributed by atoms with E-state index in [2.05, 4.69) is 43.4 Å². The molecule has 0 saturated carbocycles. The number of rotatable bonds is 8. The highest BCUT2D eigenvalue weighted by Gasteiger charge is 2.40. The van der Waals surface area contributed by atoms with Crippen LogP contribution in [0.4, 0.5) is 11.4 Å². The molecule has 6 rings (SSSR count). The van der Waals surface area contributed by atoms with Gasteiger partial charge in [-0.05, 0) is 59.7 Å². The predicted molar refractivity (Wildman–Crippen MR) is 186 cm³/mol. The van der Waals surface area contributed by atoms with Gasteiger partial charge in [-0.2, -0.15) is 0 Å². The maximum atomic E-state index is 10.9. The SMILES string of the molecule is Cc1ccc(N)c2ccccc12.Nc1ccc(OP(=O)([O-])[O-])cc1.O=C1OC(C(O)CO)C(O)=C1OP(=O)([O-])[O-].O=P([O-])([O-])Oc1cccc2ccccc12. The van der Waals surface area contributed by atoms with E-state index in [1.165, 1.54) is 41.3 Å². The number of benzene rings is 5. The minimum absolute atomic E-state index is 0.0301. The summed E-state index contributed by atoms with van der Waals surface area (Å²) in [5.74, 6) is -3.63. The predicted octanol–water partition coefficient (Wildman–Crippen LogP) is 0.134. The number of anilines is 2. The summed E-state index contributed by atoms with van der Waals surface area (Å²) >= 11 is 0. The average molecular weight is 821 g/mol. The molecular weight excluding hydrogens is 789 g/mol. The first-order chi connectivity index (χ1) is 25.6. The molecule has 0 aromatic heterocycles. The lowest BCUT2D eigenvalue weighted by atomic mass is 10.0. The second-order valence-corrected chi connectivity index (χ2v) is 14.2. The Morgan fingerprint density at radius 3 is 1.78 bits per heavy atom. The number of ether oxygens (including phenoxy) is 1. The average Bonchev–Trinajstić information content (AvgIpc) is 3.38. The summed E-state index contributed by atoms with van der Waals surface area (Å²) in [6.45, 7) is 1.25. The molecule has 1 aliphatic rings. The third-order valence-electron chi connectivity index (χ3n) is 6.89. The highest BCUT2D eigenvalue weighted by atomic mass is 31.2. The molecular formula is C33H31N2O17P3-6. The Bertz CT molecular complexity index is 2220. The smallest absolute Gasteiger partial charge is 0.378 e. The van der Waals surface area contributed by atoms with Gasteiger partial charge in [0, 0.05) is 22.1 Å². The zero-order valence-corrected chi connectivity index (χ0v) is 30.9. The molecule has 22 heteroatoms. The molecule has 5 aromatic carbocycles. The summed E-state index contributed by atoms with van der Waals surface area (Å²) in [5.41, 5.74) is 13.7. The summed E-state index contributed by atoms with van der Waals surface area (Å²) in [6.07, 6.45) is -3.30. The van der Waals surface area contributed by atoms with Crippen molar-refractivity contribution in [2.45, 2.75) is 19.1 Å². The first-order valence-corrected chi connectivity index (χ1v) is 19.6. The Kier molecular flexibility index (Phi) is 15.4. The molecule has 19 nitrogen and oxygen atoms in total. The van der Waals surface area contributed by atoms with Crippen LogP contribution in [0.5, 0.6) is 11.5 Å². The number of nitrogens with two attached hydrogens (primary N) is 2. The quantitative estimate of drug-likeness (QED) is 0.0789. The van der Waals surface area contributed by atoms with Gasteiger partial charge in [0.2, 0.25) is 0 Å². The van der Waals surface area contributed by atoms with Crippen molar-refractivity contribution in [3.63, 3.8) is 0 Å². The third-order valence-corrected chi connectivity index (χ3v) is 8.15. The number of phosphoric ester groups is 3. The number of aliphatic hydroxyl groups is 3. The number of esters is 1. The number of phosphoric acid groups is 3. The van der Waals surface area contributed by atoms with Gasteiger partial charge >= 0.3 is 5.97 Å². The van der Waals surface area contributed by atoms with Gasteiger partial charge < -0.3 is 88.2 Å². The fourth-order valence-corrected chi connectivity index (χ4v) is 5.71. The van der Waals surface area contributed by atoms with Crippen molar-refractivity contribution in [3.05, 3.63) is 120 Å². The number of carbonyl (C=O) groups excluding carboxylic acids is 1. The van der Waals surface area contributed by atoms with Crippen LogP contribution < -0.4 is 49.9 Å². The molecule has 0 fully saturated rings. The van der Waals surface area contributed by atoms with Crippen LogP contribution in [0.2, 0.25) is 0 Å². The van der Waals surface area contributed by atoms with Crippen LogP contribution in [0, 0.1) is 6.92 Å². The topological polar surface area (TPSA) is 356 Å². The van der Waals surface area contributed by atoms with Gasteiger partial charge in [-0.3, -0.25) is 0 Å². The van der Waals surface area contributed by atoms with Crippen molar-refractivity contribution >= 4 is 62.4 Å². The molecule has 1 heterocycles. The Morgan fingerprint density at radius 1 is 0.709 bits per heavy atom. The van der Waals surface area contributed by atoms with Crippen LogP contribution in [0.15, 0.2) is 115 Å². The molecule has 0 aliphatic carbocycles. The lowest BCUT2D eigenvalue weighted by Gasteiger charge is -2.29. The van der Waals surface area contributed by atoms with Crippen molar-refractivity contribution in [2.24, 2.45) is 0 Å². The highest BCUT2D eigenvalue weighted by Crippen LogP contribution is 2.36. The van der Waals surface area contributed by atoms with Crippen LogP contribution in [-0.2, 0) is 27.8 Å². The maximum absolute atomic E-state index is 10.9. The van der Waals surface area contributed by atoms with E-state index in [0.717, 1.165) is 16.5 Å². The first-order valence-electron chi connectivity index (χ1n) is 15.2. The molecule has 5 aromatic rings. The molecule has 0 bridgehead atoms. The zero-order chi connectivity index (χ0) is 41.1. The number of hydrogen-bond acceptors (Lipinski definition) is 19. The van der Waals surface area contributed by atoms with E-state index in [-0.39, 0.29) is 11.5 Å². The molecule has 1 aliphatic heterocycles. The number of fused-ring (bicyclic) bond motifs is 2. The van der Waals surface area contributed by atoms with Crippen LogP contribution >= 0.6 is 23.5 Å². The largest absolute Gasteiger partial charge is 0.780 e. The van der Waals surface area contributed by atoms with E-state index in [1.54, 1.807) is 18.2 Å². The summed E-state index contributed by atoms with van der Waals surface area (Å²) in [5, 5.41) is 30.6. The van der Waals surface area contributed by atoms with E-state index in [1.807, 2.05) is 36.4 Å². The minimum atomic E-state index is -5.52. The second kappa shape index (κ2) is 19.0. The first kappa shape index (κ1) is 44.4. The fraction of sp³-hybridized carbons (Fsp3) is 0.121. The number of carbonyl (C=O) groups is 1. The van der Waals surface area contributed by atoms with Gasteiger partial charge in [0.25, 0.3) is 5.76 Å². The van der Waals surface area contributed by atoms with Gasteiger partial charge in [0.15, 0.2) is 11.9 Å². The molecule has 0 saturated heterocycles. The molecule has 2 atom stereocenters. The van der Waals surface area contributed by atoms with Gasteiger partial charge in [0.05, 0.1) is 6.61 Å². The molecule has 7 N–H and O–H groups in total. The molecule has 0 radical (unpaired) electrons. The number of nitrogen functional groups attached to an aromatic ring is 2. The van der Waals surface area contributed by atoms with Gasteiger partial charge in [-0.15, -0.1) is 0 Å². The van der Waals surface area contributed by atoms with Crippen LogP contribution in [-0.4, -0.2) is 40.1 Å². The molecule has 2 unspecified atom stereocenters.